The molecule has 2 N–H and O–H groups in total. The average molecular weight is 170 g/mol. The largest absolute Gasteiger partial charge is 0.326 e. The van der Waals surface area contributed by atoms with Crippen LogP contribution in [0.2, 0.25) is 0 Å². The van der Waals surface area contributed by atoms with Gasteiger partial charge in [-0.25, -0.2) is 0 Å². The summed E-state index contributed by atoms with van der Waals surface area (Å²) in [6, 6.07) is 0.958. The van der Waals surface area contributed by atoms with E-state index in [-0.39, 0.29) is 5.54 Å². The summed E-state index contributed by atoms with van der Waals surface area (Å²) in [5.41, 5.74) is 6.29. The van der Waals surface area contributed by atoms with Gasteiger partial charge in [0.25, 0.3) is 0 Å². The summed E-state index contributed by atoms with van der Waals surface area (Å²) in [5, 5.41) is 0. The Bertz CT molecular complexity index is 152. The second kappa shape index (κ2) is 3.35. The summed E-state index contributed by atoms with van der Waals surface area (Å²) in [6.07, 6.45) is 2.43. The summed E-state index contributed by atoms with van der Waals surface area (Å²) in [6.45, 7) is 10.2. The second-order valence-electron chi connectivity index (χ2n) is 4.69. The molecule has 72 valence electrons. The fraction of sp³-hybridized carbons (Fsp3) is 1.00. The van der Waals surface area contributed by atoms with Crippen LogP contribution in [0.5, 0.6) is 0 Å². The van der Waals surface area contributed by atoms with E-state index < -0.39 is 0 Å². The Kier molecular flexibility index (Phi) is 2.79. The molecule has 12 heavy (non-hydrogen) atoms. The molecule has 1 heterocycles. The van der Waals surface area contributed by atoms with Gasteiger partial charge in [-0.15, -0.1) is 0 Å². The monoisotopic (exact) mass is 170 g/mol. The minimum atomic E-state index is 0.187. The van der Waals surface area contributed by atoms with Crippen LogP contribution in [0.4, 0.5) is 0 Å². The Morgan fingerprint density at radius 2 is 2.00 bits per heavy atom. The number of piperidine rings is 1. The summed E-state index contributed by atoms with van der Waals surface area (Å²) >= 11 is 0. The van der Waals surface area contributed by atoms with E-state index in [0.29, 0.717) is 12.1 Å². The first-order valence-electron chi connectivity index (χ1n) is 4.98. The smallest absolute Gasteiger partial charge is 0.0306 e. The molecule has 0 saturated carbocycles. The van der Waals surface area contributed by atoms with Gasteiger partial charge in [0.2, 0.25) is 0 Å². The van der Waals surface area contributed by atoms with Gasteiger partial charge in [0.15, 0.2) is 0 Å². The number of hydrogen-bond acceptors (Lipinski definition) is 2. The number of nitrogens with two attached hydrogens (primary N) is 1. The van der Waals surface area contributed by atoms with Crippen molar-refractivity contribution in [2.45, 2.75) is 58.2 Å². The molecule has 0 aliphatic carbocycles. The summed E-state index contributed by atoms with van der Waals surface area (Å²) < 4.78 is 0. The first kappa shape index (κ1) is 10.0. The number of likely N-dealkylation sites (tertiary alicyclic amines) is 1. The maximum Gasteiger partial charge on any atom is 0.0306 e. The molecule has 2 heteroatoms. The molecule has 0 amide bonds. The normalized spacial score (nSPS) is 31.0. The van der Waals surface area contributed by atoms with Crippen LogP contribution in [0.3, 0.4) is 0 Å². The highest BCUT2D eigenvalue weighted by Gasteiger charge is 2.37. The zero-order valence-electron chi connectivity index (χ0n) is 8.80. The van der Waals surface area contributed by atoms with E-state index in [1.807, 2.05) is 0 Å². The molecular formula is C10H22N2. The Morgan fingerprint density at radius 1 is 1.42 bits per heavy atom. The Hall–Kier alpha value is -0.0800. The van der Waals surface area contributed by atoms with Gasteiger partial charge >= 0.3 is 0 Å². The summed E-state index contributed by atoms with van der Waals surface area (Å²) in [7, 11) is 0. The van der Waals surface area contributed by atoms with Crippen LogP contribution in [0.25, 0.3) is 0 Å². The maximum absolute atomic E-state index is 6.10. The third-order valence-electron chi connectivity index (χ3n) is 3.19. The van der Waals surface area contributed by atoms with Gasteiger partial charge in [0, 0.05) is 17.6 Å². The topological polar surface area (TPSA) is 29.3 Å². The zero-order valence-corrected chi connectivity index (χ0v) is 8.80. The first-order valence-corrected chi connectivity index (χ1v) is 4.98. The molecule has 0 bridgehead atoms. The lowest BCUT2D eigenvalue weighted by atomic mass is 9.84. The van der Waals surface area contributed by atoms with Crippen molar-refractivity contribution in [2.75, 3.05) is 6.54 Å². The molecule has 0 aromatic carbocycles. The van der Waals surface area contributed by atoms with E-state index in [1.165, 1.54) is 19.4 Å². The van der Waals surface area contributed by atoms with Gasteiger partial charge in [0.1, 0.15) is 0 Å². The van der Waals surface area contributed by atoms with E-state index in [4.69, 9.17) is 5.73 Å². The molecule has 0 aromatic rings. The van der Waals surface area contributed by atoms with Crippen LogP contribution in [-0.4, -0.2) is 29.1 Å². The first-order chi connectivity index (χ1) is 5.46. The van der Waals surface area contributed by atoms with Gasteiger partial charge in [-0.2, -0.15) is 0 Å². The third-order valence-corrected chi connectivity index (χ3v) is 3.19. The van der Waals surface area contributed by atoms with Crippen molar-refractivity contribution in [1.82, 2.24) is 4.90 Å². The quantitative estimate of drug-likeness (QED) is 0.647. The molecular weight excluding hydrogens is 148 g/mol. The molecule has 0 aromatic heterocycles. The highest BCUT2D eigenvalue weighted by Crippen LogP contribution is 2.28. The maximum atomic E-state index is 6.10. The molecule has 0 spiro atoms. The van der Waals surface area contributed by atoms with Gasteiger partial charge in [-0.1, -0.05) is 0 Å². The average Bonchev–Trinajstić information content (AvgIpc) is 1.94. The van der Waals surface area contributed by atoms with E-state index in [2.05, 4.69) is 32.6 Å². The van der Waals surface area contributed by atoms with Crippen molar-refractivity contribution in [3.63, 3.8) is 0 Å². The van der Waals surface area contributed by atoms with Crippen molar-refractivity contribution in [3.8, 4) is 0 Å². The van der Waals surface area contributed by atoms with Crippen molar-refractivity contribution in [3.05, 3.63) is 0 Å². The minimum Gasteiger partial charge on any atom is -0.326 e. The van der Waals surface area contributed by atoms with Crippen molar-refractivity contribution in [2.24, 2.45) is 5.73 Å². The van der Waals surface area contributed by atoms with Crippen LogP contribution in [0.1, 0.15) is 40.5 Å². The molecule has 1 aliphatic rings. The molecule has 1 unspecified atom stereocenters. The van der Waals surface area contributed by atoms with Crippen molar-refractivity contribution in [1.29, 1.82) is 0 Å². The minimum absolute atomic E-state index is 0.187. The number of rotatable bonds is 1. The lowest BCUT2D eigenvalue weighted by Gasteiger charge is -2.48. The van der Waals surface area contributed by atoms with E-state index >= 15 is 0 Å². The number of hydrogen-bond donors (Lipinski definition) is 1. The summed E-state index contributed by atoms with van der Waals surface area (Å²) in [4.78, 5) is 2.52. The van der Waals surface area contributed by atoms with Gasteiger partial charge in [-0.05, 0) is 47.1 Å². The van der Waals surface area contributed by atoms with Crippen LogP contribution in [-0.2, 0) is 0 Å². The van der Waals surface area contributed by atoms with Crippen LogP contribution < -0.4 is 5.73 Å². The second-order valence-corrected chi connectivity index (χ2v) is 4.69. The summed E-state index contributed by atoms with van der Waals surface area (Å²) in [5.74, 6) is 0. The molecule has 1 aliphatic heterocycles. The molecule has 2 nitrogen and oxygen atoms in total. The Morgan fingerprint density at radius 3 is 2.42 bits per heavy atom. The Balaban J connectivity index is 2.72. The van der Waals surface area contributed by atoms with Crippen LogP contribution in [0.15, 0.2) is 0 Å². The molecule has 1 rings (SSSR count). The zero-order chi connectivity index (χ0) is 9.35. The van der Waals surface area contributed by atoms with Gasteiger partial charge in [-0.3, -0.25) is 4.90 Å². The van der Waals surface area contributed by atoms with E-state index in [0.717, 1.165) is 0 Å². The lowest BCUT2D eigenvalue weighted by molar-refractivity contribution is 0.0300. The van der Waals surface area contributed by atoms with Gasteiger partial charge in [0.05, 0.1) is 0 Å². The molecule has 1 atom stereocenters. The van der Waals surface area contributed by atoms with Crippen molar-refractivity contribution >= 4 is 0 Å². The number of nitrogens with zero attached hydrogens (tertiary/aromatic N) is 1. The third kappa shape index (κ3) is 1.64. The Labute approximate surface area is 76.1 Å². The van der Waals surface area contributed by atoms with Crippen LogP contribution in [0, 0.1) is 0 Å². The predicted octanol–water partition coefficient (Wildman–Crippen LogP) is 1.60. The van der Waals surface area contributed by atoms with Crippen LogP contribution >= 0.6 is 0 Å². The van der Waals surface area contributed by atoms with Crippen molar-refractivity contribution < 1.29 is 0 Å². The predicted molar refractivity (Wildman–Crippen MR) is 53.1 cm³/mol. The highest BCUT2D eigenvalue weighted by atomic mass is 15.2. The standard InChI is InChI=1S/C10H22N2/c1-8(2)12-7-5-6-9(11)10(12,3)4/h8-9H,5-7,11H2,1-4H3. The highest BCUT2D eigenvalue weighted by molar-refractivity contribution is 4.96. The molecule has 0 radical (unpaired) electrons. The van der Waals surface area contributed by atoms with Gasteiger partial charge < -0.3 is 5.73 Å². The van der Waals surface area contributed by atoms with E-state index in [9.17, 15) is 0 Å². The fourth-order valence-electron chi connectivity index (χ4n) is 2.26. The lowest BCUT2D eigenvalue weighted by Crippen LogP contribution is -2.61. The fourth-order valence-corrected chi connectivity index (χ4v) is 2.26. The SMILES string of the molecule is CC(C)N1CCCC(N)C1(C)C. The molecule has 1 saturated heterocycles. The van der Waals surface area contributed by atoms with E-state index in [1.54, 1.807) is 0 Å². The molecule has 1 fully saturated rings.